The van der Waals surface area contributed by atoms with Gasteiger partial charge in [-0.25, -0.2) is 8.42 Å². The first-order valence-corrected chi connectivity index (χ1v) is 9.75. The van der Waals surface area contributed by atoms with Crippen molar-refractivity contribution >= 4 is 16.0 Å². The van der Waals surface area contributed by atoms with Gasteiger partial charge in [0.15, 0.2) is 0 Å². The summed E-state index contributed by atoms with van der Waals surface area (Å²) >= 11 is 0. The number of esters is 1. The molecule has 0 N–H and O–H groups in total. The fourth-order valence-corrected chi connectivity index (χ4v) is 4.55. The zero-order valence-electron chi connectivity index (χ0n) is 15.0. The molecule has 1 unspecified atom stereocenters. The van der Waals surface area contributed by atoms with Crippen molar-refractivity contribution in [3.63, 3.8) is 0 Å². The predicted octanol–water partition coefficient (Wildman–Crippen LogP) is 3.01. The van der Waals surface area contributed by atoms with Gasteiger partial charge in [0.05, 0.1) is 10.8 Å². The normalized spacial score (nSPS) is 29.0. The summed E-state index contributed by atoms with van der Waals surface area (Å²) in [5.74, 6) is -0.443. The molecule has 0 bridgehead atoms. The Hall–Kier alpha value is -0.880. The van der Waals surface area contributed by atoms with Gasteiger partial charge in [-0.05, 0) is 67.2 Å². The molecule has 5 nitrogen and oxygen atoms in total. The molecule has 3 atom stereocenters. The summed E-state index contributed by atoms with van der Waals surface area (Å²) in [5.41, 5.74) is 0.447. The lowest BCUT2D eigenvalue weighted by atomic mass is 9.96. The highest BCUT2D eigenvalue weighted by atomic mass is 32.2. The van der Waals surface area contributed by atoms with Gasteiger partial charge in [-0.2, -0.15) is 4.31 Å². The van der Waals surface area contributed by atoms with Crippen molar-refractivity contribution in [3.05, 3.63) is 11.6 Å². The maximum absolute atomic E-state index is 12.8. The van der Waals surface area contributed by atoms with E-state index in [9.17, 15) is 13.2 Å². The van der Waals surface area contributed by atoms with E-state index >= 15 is 0 Å². The topological polar surface area (TPSA) is 63.5 Å². The van der Waals surface area contributed by atoms with Gasteiger partial charge in [-0.1, -0.05) is 11.6 Å². The molecule has 0 radical (unpaired) electrons. The van der Waals surface area contributed by atoms with Gasteiger partial charge >= 0.3 is 5.97 Å². The highest BCUT2D eigenvalue weighted by Crippen LogP contribution is 2.45. The van der Waals surface area contributed by atoms with E-state index in [1.165, 1.54) is 4.31 Å². The molecule has 23 heavy (non-hydrogen) atoms. The van der Waals surface area contributed by atoms with Crippen molar-refractivity contribution in [2.24, 2.45) is 0 Å². The summed E-state index contributed by atoms with van der Waals surface area (Å²) in [6.45, 7) is 10.4. The highest BCUT2D eigenvalue weighted by molar-refractivity contribution is 7.90. The zero-order chi connectivity index (χ0) is 17.6. The Labute approximate surface area is 140 Å². The van der Waals surface area contributed by atoms with E-state index in [-0.39, 0.29) is 6.04 Å². The molecule has 2 rings (SSSR count). The molecule has 1 aliphatic carbocycles. The summed E-state index contributed by atoms with van der Waals surface area (Å²) in [6, 6.07) is -1.06. The minimum atomic E-state index is -3.56. The molecular weight excluding hydrogens is 314 g/mol. The number of allylic oxidation sites excluding steroid dienone is 1. The van der Waals surface area contributed by atoms with Crippen LogP contribution in [0.25, 0.3) is 0 Å². The largest absolute Gasteiger partial charge is 0.459 e. The quantitative estimate of drug-likeness (QED) is 0.449. The van der Waals surface area contributed by atoms with E-state index in [0.717, 1.165) is 31.3 Å². The molecule has 0 aromatic rings. The Kier molecular flexibility index (Phi) is 4.72. The molecule has 6 heteroatoms. The maximum atomic E-state index is 12.8. The van der Waals surface area contributed by atoms with Crippen molar-refractivity contribution in [1.29, 1.82) is 0 Å². The van der Waals surface area contributed by atoms with Crippen LogP contribution in [0.1, 0.15) is 67.2 Å². The van der Waals surface area contributed by atoms with Crippen molar-refractivity contribution in [1.82, 2.24) is 4.31 Å². The molecular formula is C17H29NO4S. The molecule has 132 valence electrons. The second-order valence-corrected chi connectivity index (χ2v) is 11.0. The molecule has 1 fully saturated rings. The number of ether oxygens (including phenoxy) is 1. The number of rotatable bonds is 3. The second-order valence-electron chi connectivity index (χ2n) is 8.40. The lowest BCUT2D eigenvalue weighted by Crippen LogP contribution is -2.37. The van der Waals surface area contributed by atoms with E-state index in [2.05, 4.69) is 6.08 Å². The third kappa shape index (κ3) is 3.79. The predicted molar refractivity (Wildman–Crippen MR) is 90.5 cm³/mol. The summed E-state index contributed by atoms with van der Waals surface area (Å²) in [7, 11) is -3.56. The Bertz CT molecular complexity index is 607. The van der Waals surface area contributed by atoms with Crippen LogP contribution in [0.15, 0.2) is 11.6 Å². The summed E-state index contributed by atoms with van der Waals surface area (Å²) in [4.78, 5) is 12.5. The van der Waals surface area contributed by atoms with E-state index < -0.39 is 32.4 Å². The van der Waals surface area contributed by atoms with E-state index in [1.54, 1.807) is 41.5 Å². The van der Waals surface area contributed by atoms with Gasteiger partial charge in [0, 0.05) is 0 Å². The summed E-state index contributed by atoms with van der Waals surface area (Å²) < 4.78 is 31.6. The molecule has 0 spiro atoms. The number of sulfonamides is 1. The first kappa shape index (κ1) is 18.5. The highest BCUT2D eigenvalue weighted by Gasteiger charge is 2.64. The van der Waals surface area contributed by atoms with Crippen molar-refractivity contribution < 1.29 is 17.9 Å². The summed E-state index contributed by atoms with van der Waals surface area (Å²) in [6.07, 6.45) is 6.09. The summed E-state index contributed by atoms with van der Waals surface area (Å²) in [5, 5.41) is 0. The van der Waals surface area contributed by atoms with Gasteiger partial charge in [0.25, 0.3) is 0 Å². The molecule has 1 saturated heterocycles. The maximum Gasteiger partial charge on any atom is 0.327 e. The SMILES string of the molecule is CC(C)(C)OC(=O)[C@@H]1[C@H](C2=CCCCC2)N1S(=O)(=O)C(C)(C)C. The fraction of sp³-hybridized carbons (Fsp3) is 0.824. The van der Waals surface area contributed by atoms with Crippen LogP contribution in [0.4, 0.5) is 0 Å². The Morgan fingerprint density at radius 2 is 1.78 bits per heavy atom. The van der Waals surface area contributed by atoms with Gasteiger partial charge in [-0.15, -0.1) is 0 Å². The molecule has 1 aliphatic heterocycles. The number of hydrogen-bond donors (Lipinski definition) is 0. The third-order valence-corrected chi connectivity index (χ3v) is 6.72. The van der Waals surface area contributed by atoms with Crippen LogP contribution in [0.2, 0.25) is 0 Å². The van der Waals surface area contributed by atoms with Crippen molar-refractivity contribution in [2.75, 3.05) is 0 Å². The lowest BCUT2D eigenvalue weighted by molar-refractivity contribution is -0.154. The van der Waals surface area contributed by atoms with E-state index in [0.29, 0.717) is 0 Å². The average molecular weight is 343 g/mol. The minimum absolute atomic E-state index is 0.352. The molecule has 0 saturated carbocycles. The van der Waals surface area contributed by atoms with Gasteiger partial charge in [0.1, 0.15) is 11.6 Å². The zero-order valence-corrected chi connectivity index (χ0v) is 15.9. The van der Waals surface area contributed by atoms with Crippen molar-refractivity contribution in [2.45, 2.75) is 89.7 Å². The standard InChI is InChI=1S/C17H29NO4S/c1-16(2,3)22-15(19)14-13(12-10-8-7-9-11-12)18(14)23(20,21)17(4,5)6/h10,13-14H,7-9,11H2,1-6H3/t13-,14-,18?/m0/s1. The first-order valence-electron chi connectivity index (χ1n) is 8.31. The van der Waals surface area contributed by atoms with Crippen LogP contribution < -0.4 is 0 Å². The first-order chi connectivity index (χ1) is 10.4. The monoisotopic (exact) mass is 343 g/mol. The second kappa shape index (κ2) is 5.88. The third-order valence-electron chi connectivity index (χ3n) is 4.16. The van der Waals surface area contributed by atoms with Crippen LogP contribution in [0.3, 0.4) is 0 Å². The van der Waals surface area contributed by atoms with Crippen LogP contribution in [0.5, 0.6) is 0 Å². The Morgan fingerprint density at radius 1 is 1.17 bits per heavy atom. The molecule has 0 aromatic carbocycles. The smallest absolute Gasteiger partial charge is 0.327 e. The molecule has 1 heterocycles. The number of carbonyl (C=O) groups excluding carboxylic acids is 1. The van der Waals surface area contributed by atoms with Gasteiger partial charge in [-0.3, -0.25) is 4.79 Å². The fourth-order valence-electron chi connectivity index (χ4n) is 2.92. The average Bonchev–Trinajstić information content (AvgIpc) is 3.12. The molecule has 0 aromatic heterocycles. The minimum Gasteiger partial charge on any atom is -0.459 e. The van der Waals surface area contributed by atoms with E-state index in [4.69, 9.17) is 4.74 Å². The van der Waals surface area contributed by atoms with Crippen LogP contribution in [-0.4, -0.2) is 41.1 Å². The Morgan fingerprint density at radius 3 is 2.22 bits per heavy atom. The van der Waals surface area contributed by atoms with Crippen LogP contribution >= 0.6 is 0 Å². The van der Waals surface area contributed by atoms with Crippen LogP contribution in [0, 0.1) is 0 Å². The lowest BCUT2D eigenvalue weighted by Gasteiger charge is -2.22. The van der Waals surface area contributed by atoms with E-state index in [1.807, 2.05) is 0 Å². The molecule has 2 aliphatic rings. The number of carbonyl (C=O) groups is 1. The van der Waals surface area contributed by atoms with Gasteiger partial charge in [0.2, 0.25) is 10.0 Å². The van der Waals surface area contributed by atoms with Crippen LogP contribution in [-0.2, 0) is 19.6 Å². The number of hydrogen-bond acceptors (Lipinski definition) is 4. The van der Waals surface area contributed by atoms with Gasteiger partial charge < -0.3 is 4.74 Å². The van der Waals surface area contributed by atoms with Crippen molar-refractivity contribution in [3.8, 4) is 0 Å². The molecule has 0 amide bonds. The number of nitrogens with zero attached hydrogens (tertiary/aromatic N) is 1. The Balaban J connectivity index is 2.31.